The fourth-order valence-corrected chi connectivity index (χ4v) is 3.07. The standard InChI is InChI=1S/C15H29NO2/c1-5-8-12(2)11-16-15(3)10-7-6-9-13(15)14(17)18-4/h12-13,16H,5-11H2,1-4H3/t12-,13-,15+/m0/s1. The lowest BCUT2D eigenvalue weighted by Crippen LogP contribution is -2.54. The molecule has 0 saturated heterocycles. The molecule has 1 aliphatic rings. The van der Waals surface area contributed by atoms with E-state index in [4.69, 9.17) is 4.74 Å². The molecule has 0 spiro atoms. The van der Waals surface area contributed by atoms with E-state index >= 15 is 0 Å². The van der Waals surface area contributed by atoms with E-state index in [1.165, 1.54) is 26.4 Å². The van der Waals surface area contributed by atoms with Gasteiger partial charge in [-0.3, -0.25) is 4.79 Å². The summed E-state index contributed by atoms with van der Waals surface area (Å²) in [6.07, 6.45) is 6.84. The van der Waals surface area contributed by atoms with Gasteiger partial charge in [0.05, 0.1) is 13.0 Å². The number of hydrogen-bond acceptors (Lipinski definition) is 3. The first kappa shape index (κ1) is 15.5. The van der Waals surface area contributed by atoms with E-state index in [-0.39, 0.29) is 17.4 Å². The minimum Gasteiger partial charge on any atom is -0.469 e. The van der Waals surface area contributed by atoms with Crippen LogP contribution in [0.5, 0.6) is 0 Å². The Balaban J connectivity index is 2.58. The van der Waals surface area contributed by atoms with Crippen molar-refractivity contribution in [2.75, 3.05) is 13.7 Å². The third-order valence-electron chi connectivity index (χ3n) is 4.33. The zero-order chi connectivity index (χ0) is 13.6. The second-order valence-electron chi connectivity index (χ2n) is 6.01. The van der Waals surface area contributed by atoms with E-state index in [1.807, 2.05) is 0 Å². The summed E-state index contributed by atoms with van der Waals surface area (Å²) < 4.78 is 4.96. The number of esters is 1. The minimum absolute atomic E-state index is 0.0186. The zero-order valence-corrected chi connectivity index (χ0v) is 12.4. The summed E-state index contributed by atoms with van der Waals surface area (Å²) in [5.74, 6) is 0.643. The molecule has 1 saturated carbocycles. The third kappa shape index (κ3) is 3.98. The van der Waals surface area contributed by atoms with Crippen LogP contribution in [0.1, 0.15) is 59.3 Å². The van der Waals surface area contributed by atoms with Crippen molar-refractivity contribution < 1.29 is 9.53 Å². The quantitative estimate of drug-likeness (QED) is 0.741. The molecule has 3 heteroatoms. The summed E-state index contributed by atoms with van der Waals surface area (Å²) in [5, 5.41) is 3.65. The average Bonchev–Trinajstić information content (AvgIpc) is 2.36. The molecule has 18 heavy (non-hydrogen) atoms. The van der Waals surface area contributed by atoms with Gasteiger partial charge in [0.25, 0.3) is 0 Å². The molecule has 0 radical (unpaired) electrons. The highest BCUT2D eigenvalue weighted by Gasteiger charge is 2.41. The van der Waals surface area contributed by atoms with Crippen molar-refractivity contribution in [1.82, 2.24) is 5.32 Å². The Kier molecular flexibility index (Phi) is 6.13. The van der Waals surface area contributed by atoms with Crippen LogP contribution in [0.15, 0.2) is 0 Å². The first-order valence-corrected chi connectivity index (χ1v) is 7.36. The normalized spacial score (nSPS) is 29.9. The number of carbonyl (C=O) groups excluding carboxylic acids is 1. The summed E-state index contributed by atoms with van der Waals surface area (Å²) in [6.45, 7) is 7.68. The second kappa shape index (κ2) is 7.13. The zero-order valence-electron chi connectivity index (χ0n) is 12.4. The van der Waals surface area contributed by atoms with Crippen molar-refractivity contribution in [2.24, 2.45) is 11.8 Å². The Labute approximate surface area is 112 Å². The van der Waals surface area contributed by atoms with Gasteiger partial charge in [-0.25, -0.2) is 0 Å². The van der Waals surface area contributed by atoms with Gasteiger partial charge < -0.3 is 10.1 Å². The molecule has 0 unspecified atom stereocenters. The predicted octanol–water partition coefficient (Wildman–Crippen LogP) is 3.13. The first-order valence-electron chi connectivity index (χ1n) is 7.36. The lowest BCUT2D eigenvalue weighted by Gasteiger charge is -2.41. The molecule has 1 aliphatic carbocycles. The van der Waals surface area contributed by atoms with E-state index < -0.39 is 0 Å². The molecule has 0 aliphatic heterocycles. The van der Waals surface area contributed by atoms with Crippen molar-refractivity contribution in [2.45, 2.75) is 64.8 Å². The molecular formula is C15H29NO2. The van der Waals surface area contributed by atoms with Crippen LogP contribution in [0.4, 0.5) is 0 Å². The van der Waals surface area contributed by atoms with Crippen LogP contribution >= 0.6 is 0 Å². The van der Waals surface area contributed by atoms with Crippen LogP contribution in [0.3, 0.4) is 0 Å². The van der Waals surface area contributed by atoms with E-state index in [2.05, 4.69) is 26.1 Å². The summed E-state index contributed by atoms with van der Waals surface area (Å²) in [5.41, 5.74) is -0.0760. The second-order valence-corrected chi connectivity index (χ2v) is 6.01. The largest absolute Gasteiger partial charge is 0.469 e. The van der Waals surface area contributed by atoms with Crippen molar-refractivity contribution in [3.8, 4) is 0 Å². The number of carbonyl (C=O) groups is 1. The Morgan fingerprint density at radius 3 is 2.83 bits per heavy atom. The minimum atomic E-state index is -0.0760. The van der Waals surface area contributed by atoms with Crippen LogP contribution in [0, 0.1) is 11.8 Å². The molecule has 0 heterocycles. The topological polar surface area (TPSA) is 38.3 Å². The molecule has 3 nitrogen and oxygen atoms in total. The number of hydrogen-bond donors (Lipinski definition) is 1. The summed E-state index contributed by atoms with van der Waals surface area (Å²) in [4.78, 5) is 11.9. The Morgan fingerprint density at radius 2 is 2.22 bits per heavy atom. The highest BCUT2D eigenvalue weighted by atomic mass is 16.5. The molecule has 0 amide bonds. The molecule has 0 bridgehead atoms. The maximum Gasteiger partial charge on any atom is 0.310 e. The molecule has 0 aromatic carbocycles. The van der Waals surface area contributed by atoms with Gasteiger partial charge in [-0.15, -0.1) is 0 Å². The van der Waals surface area contributed by atoms with Crippen molar-refractivity contribution in [1.29, 1.82) is 0 Å². The van der Waals surface area contributed by atoms with Gasteiger partial charge in [0.1, 0.15) is 0 Å². The molecule has 3 atom stereocenters. The predicted molar refractivity (Wildman–Crippen MR) is 74.5 cm³/mol. The van der Waals surface area contributed by atoms with Gasteiger partial charge in [0, 0.05) is 5.54 Å². The fourth-order valence-electron chi connectivity index (χ4n) is 3.07. The Morgan fingerprint density at radius 1 is 1.50 bits per heavy atom. The smallest absolute Gasteiger partial charge is 0.310 e. The van der Waals surface area contributed by atoms with E-state index in [1.54, 1.807) is 0 Å². The number of methoxy groups -OCH3 is 1. The molecule has 1 N–H and O–H groups in total. The van der Waals surface area contributed by atoms with Crippen LogP contribution in [-0.2, 0) is 9.53 Å². The van der Waals surface area contributed by atoms with Gasteiger partial charge in [0.2, 0.25) is 0 Å². The highest BCUT2D eigenvalue weighted by molar-refractivity contribution is 5.74. The summed E-state index contributed by atoms with van der Waals surface area (Å²) >= 11 is 0. The molecule has 1 rings (SSSR count). The van der Waals surface area contributed by atoms with E-state index in [0.717, 1.165) is 25.8 Å². The maximum absolute atomic E-state index is 11.9. The molecule has 106 valence electrons. The summed E-state index contributed by atoms with van der Waals surface area (Å²) in [6, 6.07) is 0. The average molecular weight is 255 g/mol. The van der Waals surface area contributed by atoms with Gasteiger partial charge in [0.15, 0.2) is 0 Å². The van der Waals surface area contributed by atoms with Crippen molar-refractivity contribution in [3.05, 3.63) is 0 Å². The van der Waals surface area contributed by atoms with Crippen LogP contribution in [0.25, 0.3) is 0 Å². The fraction of sp³-hybridized carbons (Fsp3) is 0.933. The third-order valence-corrected chi connectivity index (χ3v) is 4.33. The van der Waals surface area contributed by atoms with Gasteiger partial charge >= 0.3 is 5.97 Å². The number of nitrogens with one attached hydrogen (secondary N) is 1. The summed E-state index contributed by atoms with van der Waals surface area (Å²) in [7, 11) is 1.50. The van der Waals surface area contributed by atoms with Gasteiger partial charge in [-0.05, 0) is 38.6 Å². The first-order chi connectivity index (χ1) is 8.53. The van der Waals surface area contributed by atoms with Crippen molar-refractivity contribution >= 4 is 5.97 Å². The monoisotopic (exact) mass is 255 g/mol. The lowest BCUT2D eigenvalue weighted by molar-refractivity contribution is -0.149. The van der Waals surface area contributed by atoms with Crippen molar-refractivity contribution in [3.63, 3.8) is 0 Å². The van der Waals surface area contributed by atoms with E-state index in [0.29, 0.717) is 5.92 Å². The Hall–Kier alpha value is -0.570. The lowest BCUT2D eigenvalue weighted by atomic mass is 9.73. The molecule has 0 aromatic rings. The molecule has 1 fully saturated rings. The van der Waals surface area contributed by atoms with Crippen LogP contribution in [0.2, 0.25) is 0 Å². The van der Waals surface area contributed by atoms with Gasteiger partial charge in [-0.1, -0.05) is 33.1 Å². The van der Waals surface area contributed by atoms with Crippen LogP contribution < -0.4 is 5.32 Å². The van der Waals surface area contributed by atoms with Crippen LogP contribution in [-0.4, -0.2) is 25.2 Å². The molecule has 0 aromatic heterocycles. The number of rotatable bonds is 6. The number of ether oxygens (including phenoxy) is 1. The SMILES string of the molecule is CCC[C@H](C)CN[C@]1(C)CCCC[C@H]1C(=O)OC. The highest BCUT2D eigenvalue weighted by Crippen LogP contribution is 2.34. The maximum atomic E-state index is 11.9. The molecular weight excluding hydrogens is 226 g/mol. The van der Waals surface area contributed by atoms with E-state index in [9.17, 15) is 4.79 Å². The van der Waals surface area contributed by atoms with Gasteiger partial charge in [-0.2, -0.15) is 0 Å². The Bertz CT molecular complexity index is 267.